The van der Waals surface area contributed by atoms with Crippen LogP contribution >= 0.6 is 0 Å². The molecule has 0 aliphatic carbocycles. The minimum absolute atomic E-state index is 0.254. The van der Waals surface area contributed by atoms with Gasteiger partial charge in [-0.05, 0) is 19.1 Å². The largest absolute Gasteiger partial charge is 0.492 e. The molecule has 1 rings (SSSR count). The second kappa shape index (κ2) is 6.27. The Labute approximate surface area is 90.1 Å². The molecule has 1 aromatic rings. The van der Waals surface area contributed by atoms with Crippen LogP contribution in [0.3, 0.4) is 0 Å². The third kappa shape index (κ3) is 3.77. The predicted molar refractivity (Wildman–Crippen MR) is 61.2 cm³/mol. The lowest BCUT2D eigenvalue weighted by Crippen LogP contribution is -2.27. The van der Waals surface area contributed by atoms with Gasteiger partial charge in [0.1, 0.15) is 5.75 Å². The Morgan fingerprint density at radius 2 is 2.20 bits per heavy atom. The van der Waals surface area contributed by atoms with Gasteiger partial charge in [-0.1, -0.05) is 12.1 Å². The van der Waals surface area contributed by atoms with E-state index in [1.54, 1.807) is 0 Å². The summed E-state index contributed by atoms with van der Waals surface area (Å²) in [5.41, 5.74) is 6.19. The maximum Gasteiger partial charge on any atom is 0.142 e. The first-order chi connectivity index (χ1) is 7.27. The van der Waals surface area contributed by atoms with E-state index in [0.717, 1.165) is 11.4 Å². The Bertz CT molecular complexity index is 292. The fraction of sp³-hybridized carbons (Fsp3) is 0.455. The number of ether oxygens (including phenoxy) is 1. The summed E-state index contributed by atoms with van der Waals surface area (Å²) in [7, 11) is 0. The summed E-state index contributed by atoms with van der Waals surface area (Å²) in [4.78, 5) is 0. The molecule has 4 heteroatoms. The van der Waals surface area contributed by atoms with E-state index >= 15 is 0 Å². The Hall–Kier alpha value is -1.26. The molecule has 0 saturated carbocycles. The van der Waals surface area contributed by atoms with Crippen LogP contribution in [0.2, 0.25) is 0 Å². The van der Waals surface area contributed by atoms with Gasteiger partial charge in [-0.2, -0.15) is 0 Å². The first-order valence-electron chi connectivity index (χ1n) is 5.11. The molecule has 0 aliphatic heterocycles. The molecule has 0 heterocycles. The number of para-hydroxylation sites is 2. The SMILES string of the molecule is CCOc1ccccc1NCC(O)CN. The average molecular weight is 210 g/mol. The van der Waals surface area contributed by atoms with Gasteiger partial charge in [0.15, 0.2) is 0 Å². The molecular weight excluding hydrogens is 192 g/mol. The number of aliphatic hydroxyl groups excluding tert-OH is 1. The van der Waals surface area contributed by atoms with Gasteiger partial charge >= 0.3 is 0 Å². The second-order valence-electron chi connectivity index (χ2n) is 3.20. The molecule has 0 amide bonds. The Morgan fingerprint density at radius 1 is 1.47 bits per heavy atom. The zero-order chi connectivity index (χ0) is 11.1. The van der Waals surface area contributed by atoms with Gasteiger partial charge in [-0.15, -0.1) is 0 Å². The van der Waals surface area contributed by atoms with Crippen LogP contribution in [0.25, 0.3) is 0 Å². The monoisotopic (exact) mass is 210 g/mol. The van der Waals surface area contributed by atoms with Crippen LogP contribution in [-0.2, 0) is 0 Å². The van der Waals surface area contributed by atoms with E-state index in [0.29, 0.717) is 13.2 Å². The normalized spacial score (nSPS) is 12.2. The molecule has 0 spiro atoms. The fourth-order valence-corrected chi connectivity index (χ4v) is 1.21. The van der Waals surface area contributed by atoms with E-state index in [-0.39, 0.29) is 6.54 Å². The zero-order valence-electron chi connectivity index (χ0n) is 8.94. The molecule has 0 radical (unpaired) electrons. The van der Waals surface area contributed by atoms with Gasteiger partial charge in [0.2, 0.25) is 0 Å². The van der Waals surface area contributed by atoms with E-state index in [2.05, 4.69) is 5.32 Å². The maximum absolute atomic E-state index is 9.31. The van der Waals surface area contributed by atoms with Crippen molar-refractivity contribution >= 4 is 5.69 Å². The van der Waals surface area contributed by atoms with Crippen LogP contribution in [0.5, 0.6) is 5.75 Å². The number of nitrogens with two attached hydrogens (primary N) is 1. The van der Waals surface area contributed by atoms with Crippen molar-refractivity contribution in [3.63, 3.8) is 0 Å². The molecule has 1 unspecified atom stereocenters. The summed E-state index contributed by atoms with van der Waals surface area (Å²) >= 11 is 0. The van der Waals surface area contributed by atoms with Crippen molar-refractivity contribution < 1.29 is 9.84 Å². The number of aliphatic hydroxyl groups is 1. The number of benzene rings is 1. The van der Waals surface area contributed by atoms with Crippen LogP contribution < -0.4 is 15.8 Å². The maximum atomic E-state index is 9.31. The van der Waals surface area contributed by atoms with Gasteiger partial charge in [0.25, 0.3) is 0 Å². The van der Waals surface area contributed by atoms with Gasteiger partial charge < -0.3 is 20.9 Å². The predicted octanol–water partition coefficient (Wildman–Crippen LogP) is 0.817. The lowest BCUT2D eigenvalue weighted by atomic mass is 10.2. The first kappa shape index (κ1) is 11.8. The summed E-state index contributed by atoms with van der Waals surface area (Å²) in [5, 5.41) is 12.4. The molecule has 0 saturated heterocycles. The molecule has 84 valence electrons. The van der Waals surface area contributed by atoms with Gasteiger partial charge in [0, 0.05) is 13.1 Å². The first-order valence-corrected chi connectivity index (χ1v) is 5.11. The minimum atomic E-state index is -0.528. The van der Waals surface area contributed by atoms with Gasteiger partial charge in [0.05, 0.1) is 18.4 Å². The second-order valence-corrected chi connectivity index (χ2v) is 3.20. The molecule has 1 aromatic carbocycles. The Balaban J connectivity index is 2.58. The highest BCUT2D eigenvalue weighted by Gasteiger charge is 2.04. The van der Waals surface area contributed by atoms with Gasteiger partial charge in [-0.25, -0.2) is 0 Å². The van der Waals surface area contributed by atoms with Crippen LogP contribution in [0.15, 0.2) is 24.3 Å². The highest BCUT2D eigenvalue weighted by atomic mass is 16.5. The number of rotatable bonds is 6. The van der Waals surface area contributed by atoms with E-state index in [1.807, 2.05) is 31.2 Å². The van der Waals surface area contributed by atoms with Crippen LogP contribution in [0.1, 0.15) is 6.92 Å². The molecule has 0 aromatic heterocycles. The summed E-state index contributed by atoms with van der Waals surface area (Å²) in [6.07, 6.45) is -0.528. The molecular formula is C11H18N2O2. The summed E-state index contributed by atoms with van der Waals surface area (Å²) in [5.74, 6) is 0.796. The fourth-order valence-electron chi connectivity index (χ4n) is 1.21. The molecule has 4 N–H and O–H groups in total. The Morgan fingerprint density at radius 3 is 2.87 bits per heavy atom. The number of nitrogens with one attached hydrogen (secondary N) is 1. The quantitative estimate of drug-likeness (QED) is 0.650. The molecule has 15 heavy (non-hydrogen) atoms. The lowest BCUT2D eigenvalue weighted by molar-refractivity contribution is 0.196. The zero-order valence-corrected chi connectivity index (χ0v) is 8.94. The average Bonchev–Trinajstić information content (AvgIpc) is 2.28. The molecule has 1 atom stereocenters. The lowest BCUT2D eigenvalue weighted by Gasteiger charge is -2.14. The van der Waals surface area contributed by atoms with E-state index < -0.39 is 6.10 Å². The van der Waals surface area contributed by atoms with E-state index in [9.17, 15) is 5.11 Å². The van der Waals surface area contributed by atoms with Crippen LogP contribution in [0, 0.1) is 0 Å². The highest BCUT2D eigenvalue weighted by Crippen LogP contribution is 2.23. The molecule has 0 fully saturated rings. The third-order valence-corrected chi connectivity index (χ3v) is 1.99. The molecule has 0 bridgehead atoms. The van der Waals surface area contributed by atoms with E-state index in [1.165, 1.54) is 0 Å². The van der Waals surface area contributed by atoms with Crippen molar-refractivity contribution in [2.24, 2.45) is 5.73 Å². The standard InChI is InChI=1S/C11H18N2O2/c1-2-15-11-6-4-3-5-10(11)13-8-9(14)7-12/h3-6,9,13-14H,2,7-8,12H2,1H3. The topological polar surface area (TPSA) is 67.5 Å². The number of hydrogen-bond donors (Lipinski definition) is 3. The van der Waals surface area contributed by atoms with Crippen molar-refractivity contribution in [2.45, 2.75) is 13.0 Å². The molecule has 0 aliphatic rings. The minimum Gasteiger partial charge on any atom is -0.492 e. The summed E-state index contributed by atoms with van der Waals surface area (Å²) < 4.78 is 5.43. The summed E-state index contributed by atoms with van der Waals surface area (Å²) in [6.45, 7) is 3.24. The van der Waals surface area contributed by atoms with Crippen molar-refractivity contribution in [2.75, 3.05) is 25.0 Å². The van der Waals surface area contributed by atoms with Crippen LogP contribution in [0.4, 0.5) is 5.69 Å². The van der Waals surface area contributed by atoms with Crippen LogP contribution in [-0.4, -0.2) is 30.9 Å². The van der Waals surface area contributed by atoms with Crippen molar-refractivity contribution in [1.29, 1.82) is 0 Å². The van der Waals surface area contributed by atoms with E-state index in [4.69, 9.17) is 10.5 Å². The molecule has 4 nitrogen and oxygen atoms in total. The van der Waals surface area contributed by atoms with Crippen molar-refractivity contribution in [1.82, 2.24) is 0 Å². The van der Waals surface area contributed by atoms with Crippen molar-refractivity contribution in [3.8, 4) is 5.75 Å². The summed E-state index contributed by atoms with van der Waals surface area (Å²) in [6, 6.07) is 7.63. The number of hydrogen-bond acceptors (Lipinski definition) is 4. The highest BCUT2D eigenvalue weighted by molar-refractivity contribution is 5.56. The third-order valence-electron chi connectivity index (χ3n) is 1.99. The van der Waals surface area contributed by atoms with Gasteiger partial charge in [-0.3, -0.25) is 0 Å². The Kier molecular flexibility index (Phi) is 4.93. The number of anilines is 1. The van der Waals surface area contributed by atoms with Crippen molar-refractivity contribution in [3.05, 3.63) is 24.3 Å². The smallest absolute Gasteiger partial charge is 0.142 e.